The van der Waals surface area contributed by atoms with Gasteiger partial charge in [0.2, 0.25) is 0 Å². The molecule has 0 saturated heterocycles. The van der Waals surface area contributed by atoms with Crippen molar-refractivity contribution >= 4 is 61.8 Å². The third-order valence-corrected chi connectivity index (χ3v) is 0. The monoisotopic (exact) mass is 191 g/mol. The van der Waals surface area contributed by atoms with Crippen molar-refractivity contribution in [3.05, 3.63) is 0 Å². The van der Waals surface area contributed by atoms with Gasteiger partial charge in [-0.15, -0.1) is 0 Å². The quantitative estimate of drug-likeness (QED) is 0.259. The third kappa shape index (κ3) is 71.0. The molecule has 4 nitrogen and oxygen atoms in total. The van der Waals surface area contributed by atoms with Crippen molar-refractivity contribution in [3.63, 3.8) is 0 Å². The van der Waals surface area contributed by atoms with Crippen molar-refractivity contribution in [2.45, 2.75) is 0 Å². The Balaban J connectivity index is -0.0000000800. The number of hydrogen-bond acceptors (Lipinski definition) is 4. The van der Waals surface area contributed by atoms with E-state index >= 15 is 0 Å². The summed E-state index contributed by atoms with van der Waals surface area (Å²) in [7, 11) is -5.17. The topological polar surface area (TPSA) is 80.3 Å². The molecule has 0 unspecified atom stereocenters. The van der Waals surface area contributed by atoms with E-state index in [1.54, 1.807) is 0 Å². The van der Waals surface area contributed by atoms with Crippen LogP contribution in [0.1, 0.15) is 0 Å². The molecule has 0 aliphatic rings. The van der Waals surface area contributed by atoms with Crippen molar-refractivity contribution in [3.8, 4) is 0 Å². The molecule has 0 amide bonds. The van der Waals surface area contributed by atoms with Crippen LogP contribution >= 0.6 is 0 Å². The van der Waals surface area contributed by atoms with Gasteiger partial charge in [0.25, 0.3) is 0 Å². The second-order valence-corrected chi connectivity index (χ2v) is 1.22. The number of hydrogen-bond donors (Lipinski definition) is 0. The zero-order valence-electron chi connectivity index (χ0n) is 3.39. The van der Waals surface area contributed by atoms with E-state index in [0.29, 0.717) is 0 Å². The Hall–Kier alpha value is 2.03. The third-order valence-electron chi connectivity index (χ3n) is 0. The van der Waals surface area contributed by atoms with E-state index in [9.17, 15) is 0 Å². The van der Waals surface area contributed by atoms with E-state index in [1.807, 2.05) is 0 Å². The summed E-state index contributed by atoms with van der Waals surface area (Å²) >= 11 is 0. The minimum Gasteiger partial charge on any atom is -0.759 e. The largest absolute Gasteiger partial charge is 2.00 e. The molecule has 0 spiro atoms. The van der Waals surface area contributed by atoms with Gasteiger partial charge in [0.1, 0.15) is 0 Å². The maximum absolute atomic E-state index is 8.52. The Morgan fingerprint density at radius 2 is 1.14 bits per heavy atom. The average Bonchev–Trinajstić information content (AvgIpc) is 0.722. The minimum atomic E-state index is -5.17. The molecule has 0 saturated carbocycles. The van der Waals surface area contributed by atoms with Crippen molar-refractivity contribution in [1.82, 2.24) is 0 Å². The zero-order chi connectivity index (χ0) is 4.50. The summed E-state index contributed by atoms with van der Waals surface area (Å²) in [6.45, 7) is 0. The molecule has 0 fully saturated rings. The Kier molecular flexibility index (Phi) is 14.1. The van der Waals surface area contributed by atoms with Crippen LogP contribution in [0.4, 0.5) is 0 Å². The van der Waals surface area contributed by atoms with Crippen LogP contribution in [0.5, 0.6) is 0 Å². The van der Waals surface area contributed by atoms with Crippen molar-refractivity contribution in [1.29, 1.82) is 0 Å². The summed E-state index contributed by atoms with van der Waals surface area (Å²) in [4.78, 5) is 0. The van der Waals surface area contributed by atoms with Crippen molar-refractivity contribution in [2.75, 3.05) is 0 Å². The Bertz CT molecular complexity index is 94.9. The maximum Gasteiger partial charge on any atom is 2.00 e. The fraction of sp³-hybridized carbons (Fsp3) is 0. The summed E-state index contributed by atoms with van der Waals surface area (Å²) in [5.41, 5.74) is 0. The van der Waals surface area contributed by atoms with E-state index in [1.165, 1.54) is 0 Å². The van der Waals surface area contributed by atoms with Gasteiger partial charge in [-0.25, -0.2) is 0 Å². The first-order valence-corrected chi connectivity index (χ1v) is 2.00. The molecule has 0 rings (SSSR count). The predicted octanol–water partition coefficient (Wildman–Crippen LogP) is -1.72. The summed E-state index contributed by atoms with van der Waals surface area (Å²) in [5.74, 6) is 0. The molecule has 7 heavy (non-hydrogen) atoms. The Morgan fingerprint density at radius 3 is 1.14 bits per heavy atom. The van der Waals surface area contributed by atoms with Crippen LogP contribution in [0.15, 0.2) is 0 Å². The first-order valence-electron chi connectivity index (χ1n) is 0.667. The molecule has 0 bridgehead atoms. The molecule has 7 heteroatoms. The first kappa shape index (κ1) is 16.0. The molecule has 0 aromatic carbocycles. The second kappa shape index (κ2) is 6.15. The van der Waals surface area contributed by atoms with Gasteiger partial charge in [-0.05, 0) is 0 Å². The van der Waals surface area contributed by atoms with Gasteiger partial charge < -0.3 is 9.11 Å². The molecule has 0 atom stereocenters. The summed E-state index contributed by atoms with van der Waals surface area (Å²) < 4.78 is 34.1. The smallest absolute Gasteiger partial charge is 0.759 e. The van der Waals surface area contributed by atoms with Gasteiger partial charge in [0.15, 0.2) is 0 Å². The van der Waals surface area contributed by atoms with Crippen molar-refractivity contribution < 1.29 is 34.6 Å². The van der Waals surface area contributed by atoms with Crippen LogP contribution in [-0.2, 0) is 27.5 Å². The first-order chi connectivity index (χ1) is 2.00. The molecule has 0 aliphatic heterocycles. The van der Waals surface area contributed by atoms with Crippen LogP contribution in [-0.4, -0.2) is 68.9 Å². The second-order valence-electron chi connectivity index (χ2n) is 0.408. The summed E-state index contributed by atoms with van der Waals surface area (Å²) in [6, 6.07) is 0. The zero-order valence-corrected chi connectivity index (χ0v) is 8.44. The van der Waals surface area contributed by atoms with Crippen LogP contribution in [0.3, 0.4) is 0 Å². The molecule has 0 heterocycles. The van der Waals surface area contributed by atoms with Gasteiger partial charge in [0.05, 0.1) is 0 Å². The standard InChI is InChI=1S/Fe.K.H2O4S/c;;1-5(2,3)4/h;;(H2,1,2,3,4)/q+2;;/p-2. The SMILES string of the molecule is O=S(=O)([O-])[O-].[Fe+2].[K]. The molecular weight excluding hydrogens is 191 g/mol. The number of rotatable bonds is 0. The Morgan fingerprint density at radius 1 is 1.14 bits per heavy atom. The van der Waals surface area contributed by atoms with Crippen molar-refractivity contribution in [2.24, 2.45) is 0 Å². The van der Waals surface area contributed by atoms with Gasteiger partial charge in [-0.3, -0.25) is 8.42 Å². The molecule has 0 aliphatic carbocycles. The van der Waals surface area contributed by atoms with E-state index in [2.05, 4.69) is 0 Å². The summed E-state index contributed by atoms with van der Waals surface area (Å²) in [5, 5.41) is 0. The molecule has 39 valence electrons. The minimum absolute atomic E-state index is 0. The molecule has 0 aromatic rings. The van der Waals surface area contributed by atoms with Crippen LogP contribution < -0.4 is 0 Å². The maximum atomic E-state index is 8.52. The van der Waals surface area contributed by atoms with E-state index in [0.717, 1.165) is 0 Å². The fourth-order valence-electron chi connectivity index (χ4n) is 0. The molecule has 0 aromatic heterocycles. The van der Waals surface area contributed by atoms with E-state index < -0.39 is 10.4 Å². The normalized spacial score (nSPS) is 8.29. The van der Waals surface area contributed by atoms with E-state index in [-0.39, 0.29) is 68.5 Å². The van der Waals surface area contributed by atoms with Crippen LogP contribution in [0.25, 0.3) is 0 Å². The van der Waals surface area contributed by atoms with Gasteiger partial charge >= 0.3 is 17.1 Å². The van der Waals surface area contributed by atoms with Gasteiger partial charge in [-0.1, -0.05) is 0 Å². The predicted molar refractivity (Wildman–Crippen MR) is 16.2 cm³/mol. The van der Waals surface area contributed by atoms with Crippen LogP contribution in [0.2, 0.25) is 0 Å². The van der Waals surface area contributed by atoms with E-state index in [4.69, 9.17) is 17.5 Å². The summed E-state index contributed by atoms with van der Waals surface area (Å²) in [6.07, 6.45) is 0. The van der Waals surface area contributed by atoms with Gasteiger partial charge in [-0.2, -0.15) is 0 Å². The molecular formula is FeKO4S. The molecule has 1 radical (unpaired) electrons. The van der Waals surface area contributed by atoms with Gasteiger partial charge in [0, 0.05) is 61.8 Å². The van der Waals surface area contributed by atoms with Crippen LogP contribution in [0, 0.1) is 0 Å². The average molecular weight is 191 g/mol. The Labute approximate surface area is 94.5 Å². The fourth-order valence-corrected chi connectivity index (χ4v) is 0. The molecule has 0 N–H and O–H groups in total.